The number of methoxy groups -OCH3 is 1. The quantitative estimate of drug-likeness (QED) is 0.549. The number of rotatable bonds is 2. The number of hydrogen-bond donors (Lipinski definition) is 1. The van der Waals surface area contributed by atoms with E-state index in [0.29, 0.717) is 21.5 Å². The van der Waals surface area contributed by atoms with Gasteiger partial charge in [0.2, 0.25) is 0 Å². The predicted molar refractivity (Wildman–Crippen MR) is 101 cm³/mol. The van der Waals surface area contributed by atoms with E-state index in [4.69, 9.17) is 27.9 Å². The van der Waals surface area contributed by atoms with Crippen molar-refractivity contribution in [2.75, 3.05) is 12.4 Å². The molecule has 0 saturated heterocycles. The number of carbonyl (C=O) groups is 1. The fourth-order valence-corrected chi connectivity index (χ4v) is 4.41. The summed E-state index contributed by atoms with van der Waals surface area (Å²) in [5.41, 5.74) is 3.43. The van der Waals surface area contributed by atoms with Crippen LogP contribution in [0.2, 0.25) is 10.0 Å². The van der Waals surface area contributed by atoms with Crippen molar-refractivity contribution in [2.45, 2.75) is 18.4 Å². The van der Waals surface area contributed by atoms with E-state index < -0.39 is 0 Å². The summed E-state index contributed by atoms with van der Waals surface area (Å²) in [6.45, 7) is 0. The number of halogens is 2. The Morgan fingerprint density at radius 1 is 1.24 bits per heavy atom. The molecule has 5 heteroatoms. The largest absolute Gasteiger partial charge is 0.465 e. The van der Waals surface area contributed by atoms with E-state index in [1.165, 1.54) is 7.11 Å². The first-order chi connectivity index (χ1) is 12.1. The lowest BCUT2D eigenvalue weighted by Gasteiger charge is -2.38. The summed E-state index contributed by atoms with van der Waals surface area (Å²) in [6.07, 6.45) is 5.28. The minimum absolute atomic E-state index is 0.0802. The molecule has 2 aliphatic rings. The van der Waals surface area contributed by atoms with Gasteiger partial charge in [0.1, 0.15) is 0 Å². The standard InChI is InChI=1S/C20H17Cl2NO2/c1-25-20(24)15-8-9-16(22)19-17(15)13-6-3-7-14(13)18(23-19)11-4-2-5-12(21)10-11/h2-6,8-10,13-14,18,23H,7H2,1H3/t13-,14+,18-/m1/s1. The van der Waals surface area contributed by atoms with Crippen LogP contribution in [0.15, 0.2) is 48.6 Å². The van der Waals surface area contributed by atoms with Crippen molar-refractivity contribution >= 4 is 34.9 Å². The maximum Gasteiger partial charge on any atom is 0.338 e. The van der Waals surface area contributed by atoms with Gasteiger partial charge in [0.05, 0.1) is 29.4 Å². The molecule has 1 aliphatic carbocycles. The van der Waals surface area contributed by atoms with E-state index in [-0.39, 0.29) is 17.9 Å². The van der Waals surface area contributed by atoms with Crippen molar-refractivity contribution in [1.82, 2.24) is 0 Å². The highest BCUT2D eigenvalue weighted by Gasteiger charge is 2.41. The minimum Gasteiger partial charge on any atom is -0.465 e. The van der Waals surface area contributed by atoms with Crippen LogP contribution in [0.5, 0.6) is 0 Å². The molecule has 2 aromatic carbocycles. The highest BCUT2D eigenvalue weighted by atomic mass is 35.5. The zero-order valence-electron chi connectivity index (χ0n) is 13.6. The van der Waals surface area contributed by atoms with Crippen molar-refractivity contribution in [2.24, 2.45) is 5.92 Å². The molecule has 0 unspecified atom stereocenters. The van der Waals surface area contributed by atoms with Gasteiger partial charge in [-0.3, -0.25) is 0 Å². The number of esters is 1. The van der Waals surface area contributed by atoms with Crippen LogP contribution < -0.4 is 5.32 Å². The Kier molecular flexibility index (Phi) is 4.22. The number of allylic oxidation sites excluding steroid dienone is 2. The lowest BCUT2D eigenvalue weighted by atomic mass is 9.75. The van der Waals surface area contributed by atoms with Crippen molar-refractivity contribution < 1.29 is 9.53 Å². The van der Waals surface area contributed by atoms with Gasteiger partial charge in [0.15, 0.2) is 0 Å². The fraction of sp³-hybridized carbons (Fsp3) is 0.250. The molecule has 3 nitrogen and oxygen atoms in total. The van der Waals surface area contributed by atoms with Crippen LogP contribution in [-0.2, 0) is 4.74 Å². The number of benzene rings is 2. The second kappa shape index (κ2) is 6.40. The summed E-state index contributed by atoms with van der Waals surface area (Å²) in [4.78, 5) is 12.2. The lowest BCUT2D eigenvalue weighted by Crippen LogP contribution is -2.30. The van der Waals surface area contributed by atoms with Crippen molar-refractivity contribution in [1.29, 1.82) is 0 Å². The summed E-state index contributed by atoms with van der Waals surface area (Å²) >= 11 is 12.7. The molecule has 0 saturated carbocycles. The van der Waals surface area contributed by atoms with Crippen LogP contribution in [0.3, 0.4) is 0 Å². The average molecular weight is 374 g/mol. The smallest absolute Gasteiger partial charge is 0.338 e. The molecule has 4 rings (SSSR count). The molecule has 1 heterocycles. The van der Waals surface area contributed by atoms with E-state index in [1.807, 2.05) is 18.2 Å². The molecular weight excluding hydrogens is 357 g/mol. The Labute approximate surface area is 156 Å². The van der Waals surface area contributed by atoms with Crippen LogP contribution in [0, 0.1) is 5.92 Å². The summed E-state index contributed by atoms with van der Waals surface area (Å²) in [5, 5.41) is 4.88. The monoisotopic (exact) mass is 373 g/mol. The maximum atomic E-state index is 12.2. The van der Waals surface area contributed by atoms with Crippen LogP contribution in [-0.4, -0.2) is 13.1 Å². The van der Waals surface area contributed by atoms with Crippen molar-refractivity contribution in [3.63, 3.8) is 0 Å². The first-order valence-electron chi connectivity index (χ1n) is 8.19. The van der Waals surface area contributed by atoms with E-state index in [1.54, 1.807) is 12.1 Å². The Morgan fingerprint density at radius 2 is 2.08 bits per heavy atom. The lowest BCUT2D eigenvalue weighted by molar-refractivity contribution is 0.0598. The third kappa shape index (κ3) is 2.72. The predicted octanol–water partition coefficient (Wildman–Crippen LogP) is 5.61. The van der Waals surface area contributed by atoms with Gasteiger partial charge in [0.25, 0.3) is 0 Å². The molecule has 0 amide bonds. The Bertz CT molecular complexity index is 878. The van der Waals surface area contributed by atoms with Gasteiger partial charge in [0, 0.05) is 10.9 Å². The fourth-order valence-electron chi connectivity index (χ4n) is 3.99. The van der Waals surface area contributed by atoms with E-state index in [9.17, 15) is 4.79 Å². The molecule has 0 spiro atoms. The molecular formula is C20H17Cl2NO2. The van der Waals surface area contributed by atoms with Gasteiger partial charge in [-0.05, 0) is 47.7 Å². The molecule has 0 aromatic heterocycles. The molecule has 128 valence electrons. The third-order valence-electron chi connectivity index (χ3n) is 5.08. The third-order valence-corrected chi connectivity index (χ3v) is 5.63. The van der Waals surface area contributed by atoms with Gasteiger partial charge in [-0.25, -0.2) is 4.79 Å². The number of hydrogen-bond acceptors (Lipinski definition) is 3. The normalized spacial score (nSPS) is 23.6. The molecule has 1 N–H and O–H groups in total. The molecule has 0 radical (unpaired) electrons. The van der Waals surface area contributed by atoms with E-state index in [2.05, 4.69) is 23.5 Å². The first-order valence-corrected chi connectivity index (χ1v) is 8.95. The maximum absolute atomic E-state index is 12.2. The number of carbonyl (C=O) groups excluding carboxylic acids is 1. The number of anilines is 1. The van der Waals surface area contributed by atoms with Crippen molar-refractivity contribution in [3.8, 4) is 0 Å². The Balaban J connectivity index is 1.87. The molecule has 2 aromatic rings. The van der Waals surface area contributed by atoms with Gasteiger partial charge in [-0.2, -0.15) is 0 Å². The minimum atomic E-state index is -0.338. The molecule has 25 heavy (non-hydrogen) atoms. The summed E-state index contributed by atoms with van der Waals surface area (Å²) in [5.74, 6) is 0.0795. The summed E-state index contributed by atoms with van der Waals surface area (Å²) < 4.78 is 4.97. The van der Waals surface area contributed by atoms with Gasteiger partial charge in [-0.15, -0.1) is 0 Å². The van der Waals surface area contributed by atoms with Gasteiger partial charge in [-0.1, -0.05) is 47.5 Å². The highest BCUT2D eigenvalue weighted by Crippen LogP contribution is 2.52. The zero-order valence-corrected chi connectivity index (χ0v) is 15.1. The van der Waals surface area contributed by atoms with Gasteiger partial charge >= 0.3 is 5.97 Å². The number of fused-ring (bicyclic) bond motifs is 3. The van der Waals surface area contributed by atoms with E-state index in [0.717, 1.165) is 23.2 Å². The Morgan fingerprint density at radius 3 is 2.84 bits per heavy atom. The Hall–Kier alpha value is -1.97. The van der Waals surface area contributed by atoms with Crippen molar-refractivity contribution in [3.05, 3.63) is 75.3 Å². The summed E-state index contributed by atoms with van der Waals surface area (Å²) in [6, 6.07) is 11.5. The van der Waals surface area contributed by atoms with Crippen LogP contribution in [0.4, 0.5) is 5.69 Å². The first kappa shape index (κ1) is 16.5. The number of ether oxygens (including phenoxy) is 1. The molecule has 0 bridgehead atoms. The number of nitrogens with one attached hydrogen (secondary N) is 1. The van der Waals surface area contributed by atoms with Crippen LogP contribution in [0.25, 0.3) is 0 Å². The SMILES string of the molecule is COC(=O)c1ccc(Cl)c2c1[C@@H]1C=CC[C@@H]1[C@@H](c1cccc(Cl)c1)N2. The topological polar surface area (TPSA) is 38.3 Å². The molecule has 0 fully saturated rings. The van der Waals surface area contributed by atoms with Crippen LogP contribution >= 0.6 is 23.2 Å². The molecule has 1 aliphatic heterocycles. The average Bonchev–Trinajstić information content (AvgIpc) is 3.10. The van der Waals surface area contributed by atoms with Crippen LogP contribution in [0.1, 0.15) is 39.9 Å². The zero-order chi connectivity index (χ0) is 17.6. The second-order valence-electron chi connectivity index (χ2n) is 6.41. The van der Waals surface area contributed by atoms with E-state index >= 15 is 0 Å². The summed E-state index contributed by atoms with van der Waals surface area (Å²) in [7, 11) is 1.40. The highest BCUT2D eigenvalue weighted by molar-refractivity contribution is 6.33. The molecule has 3 atom stereocenters. The van der Waals surface area contributed by atoms with Gasteiger partial charge < -0.3 is 10.1 Å². The second-order valence-corrected chi connectivity index (χ2v) is 7.25.